The Labute approximate surface area is 175 Å². The van der Waals surface area contributed by atoms with Gasteiger partial charge in [-0.05, 0) is 66.7 Å². The van der Waals surface area contributed by atoms with Gasteiger partial charge in [0.05, 0.1) is 7.11 Å². The van der Waals surface area contributed by atoms with Crippen molar-refractivity contribution in [2.75, 3.05) is 19.0 Å². The molecule has 146 valence electrons. The number of methoxy groups -OCH3 is 1. The summed E-state index contributed by atoms with van der Waals surface area (Å²) in [6, 6.07) is 20.0. The molecule has 1 amide bonds. The predicted octanol–water partition coefficient (Wildman–Crippen LogP) is 5.28. The van der Waals surface area contributed by atoms with Crippen molar-refractivity contribution in [3.05, 3.63) is 71.2 Å². The zero-order chi connectivity index (χ0) is 20.2. The van der Waals surface area contributed by atoms with Crippen LogP contribution in [0.15, 0.2) is 75.6 Å². The molecule has 0 aliphatic rings. The average molecular weight is 453 g/mol. The Morgan fingerprint density at radius 2 is 1.76 bits per heavy atom. The van der Waals surface area contributed by atoms with Gasteiger partial charge < -0.3 is 19.2 Å². The minimum atomic E-state index is -0.250. The molecule has 4 aromatic rings. The highest BCUT2D eigenvalue weighted by molar-refractivity contribution is 9.10. The normalized spacial score (nSPS) is 10.7. The zero-order valence-corrected chi connectivity index (χ0v) is 17.1. The van der Waals surface area contributed by atoms with Crippen LogP contribution in [-0.4, -0.2) is 24.6 Å². The molecule has 1 heterocycles. The van der Waals surface area contributed by atoms with E-state index >= 15 is 0 Å². The first-order valence-electron chi connectivity index (χ1n) is 8.84. The fourth-order valence-corrected chi connectivity index (χ4v) is 3.09. The van der Waals surface area contributed by atoms with Gasteiger partial charge in [-0.3, -0.25) is 4.79 Å². The number of aromatic nitrogens is 1. The summed E-state index contributed by atoms with van der Waals surface area (Å²) < 4.78 is 17.3. The summed E-state index contributed by atoms with van der Waals surface area (Å²) in [4.78, 5) is 16.6. The molecular weight excluding hydrogens is 436 g/mol. The molecule has 1 aromatic heterocycles. The Bertz CT molecular complexity index is 1140. The number of ether oxygens (including phenoxy) is 2. The molecule has 0 radical (unpaired) electrons. The van der Waals surface area contributed by atoms with E-state index in [1.807, 2.05) is 30.3 Å². The molecule has 0 bridgehead atoms. The van der Waals surface area contributed by atoms with Gasteiger partial charge in [-0.25, -0.2) is 4.98 Å². The lowest BCUT2D eigenvalue weighted by Gasteiger charge is -2.08. The summed E-state index contributed by atoms with van der Waals surface area (Å²) in [5.41, 5.74) is 2.99. The van der Waals surface area contributed by atoms with Crippen molar-refractivity contribution in [3.63, 3.8) is 0 Å². The van der Waals surface area contributed by atoms with E-state index in [4.69, 9.17) is 13.9 Å². The maximum atomic E-state index is 12.1. The smallest absolute Gasteiger partial charge is 0.262 e. The monoisotopic (exact) mass is 452 g/mol. The molecule has 1 N–H and O–H groups in total. The molecule has 0 saturated heterocycles. The Morgan fingerprint density at radius 3 is 2.48 bits per heavy atom. The number of rotatable bonds is 6. The quantitative estimate of drug-likeness (QED) is 0.430. The largest absolute Gasteiger partial charge is 0.497 e. The molecule has 0 atom stereocenters. The summed E-state index contributed by atoms with van der Waals surface area (Å²) in [5, 5.41) is 2.80. The second kappa shape index (κ2) is 8.36. The van der Waals surface area contributed by atoms with Crippen molar-refractivity contribution in [2.24, 2.45) is 0 Å². The highest BCUT2D eigenvalue weighted by Gasteiger charge is 2.09. The number of carbonyl (C=O) groups is 1. The lowest BCUT2D eigenvalue weighted by molar-refractivity contribution is -0.118. The highest BCUT2D eigenvalue weighted by atomic mass is 79.9. The van der Waals surface area contributed by atoms with Crippen molar-refractivity contribution in [1.82, 2.24) is 4.98 Å². The van der Waals surface area contributed by atoms with E-state index < -0.39 is 0 Å². The summed E-state index contributed by atoms with van der Waals surface area (Å²) in [6.45, 7) is -0.0892. The second-order valence-electron chi connectivity index (χ2n) is 6.22. The van der Waals surface area contributed by atoms with Gasteiger partial charge in [0.2, 0.25) is 5.89 Å². The van der Waals surface area contributed by atoms with Gasteiger partial charge >= 0.3 is 0 Å². The number of hydrogen-bond donors (Lipinski definition) is 1. The molecule has 7 heteroatoms. The Kier molecular flexibility index (Phi) is 5.48. The van der Waals surface area contributed by atoms with E-state index in [1.165, 1.54) is 0 Å². The van der Waals surface area contributed by atoms with Gasteiger partial charge in [-0.15, -0.1) is 0 Å². The van der Waals surface area contributed by atoms with E-state index in [0.29, 0.717) is 17.3 Å². The number of carbonyl (C=O) groups excluding carboxylic acids is 1. The van der Waals surface area contributed by atoms with E-state index in [0.717, 1.165) is 26.9 Å². The Balaban J connectivity index is 1.37. The molecule has 0 fully saturated rings. The number of anilines is 1. The van der Waals surface area contributed by atoms with Crippen LogP contribution in [0.3, 0.4) is 0 Å². The van der Waals surface area contributed by atoms with Gasteiger partial charge in [0.15, 0.2) is 12.2 Å². The second-order valence-corrected chi connectivity index (χ2v) is 7.14. The van der Waals surface area contributed by atoms with Crippen LogP contribution in [0.1, 0.15) is 0 Å². The van der Waals surface area contributed by atoms with Gasteiger partial charge in [0.1, 0.15) is 17.0 Å². The van der Waals surface area contributed by atoms with Gasteiger partial charge in [-0.2, -0.15) is 0 Å². The lowest BCUT2D eigenvalue weighted by atomic mass is 10.2. The molecule has 4 rings (SSSR count). The van der Waals surface area contributed by atoms with Crippen molar-refractivity contribution >= 4 is 38.6 Å². The summed E-state index contributed by atoms with van der Waals surface area (Å²) in [5.74, 6) is 1.60. The van der Waals surface area contributed by atoms with Crippen LogP contribution in [0.5, 0.6) is 11.5 Å². The first kappa shape index (κ1) is 19.0. The fourth-order valence-electron chi connectivity index (χ4n) is 2.74. The summed E-state index contributed by atoms with van der Waals surface area (Å²) in [6.07, 6.45) is 0. The van der Waals surface area contributed by atoms with Crippen LogP contribution in [0.2, 0.25) is 0 Å². The number of hydrogen-bond acceptors (Lipinski definition) is 5. The van der Waals surface area contributed by atoms with Crippen molar-refractivity contribution in [3.8, 4) is 23.0 Å². The van der Waals surface area contributed by atoms with E-state index in [9.17, 15) is 4.79 Å². The number of benzene rings is 3. The SMILES string of the molecule is COc1ccc(OCC(=O)Nc2ccc(-c3nc4cc(Br)ccc4o3)cc2)cc1. The zero-order valence-electron chi connectivity index (χ0n) is 15.5. The van der Waals surface area contributed by atoms with Crippen molar-refractivity contribution < 1.29 is 18.7 Å². The molecule has 3 aromatic carbocycles. The highest BCUT2D eigenvalue weighted by Crippen LogP contribution is 2.27. The maximum absolute atomic E-state index is 12.1. The van der Waals surface area contributed by atoms with Gasteiger partial charge in [0.25, 0.3) is 5.91 Å². The minimum absolute atomic E-state index is 0.0892. The van der Waals surface area contributed by atoms with Crippen molar-refractivity contribution in [1.29, 1.82) is 0 Å². The number of nitrogens with one attached hydrogen (secondary N) is 1. The van der Waals surface area contributed by atoms with Crippen LogP contribution in [0.4, 0.5) is 5.69 Å². The molecule has 0 unspecified atom stereocenters. The molecule has 29 heavy (non-hydrogen) atoms. The molecule has 0 aliphatic carbocycles. The average Bonchev–Trinajstić information content (AvgIpc) is 3.16. The van der Waals surface area contributed by atoms with Crippen molar-refractivity contribution in [2.45, 2.75) is 0 Å². The summed E-state index contributed by atoms with van der Waals surface area (Å²) >= 11 is 3.43. The number of fused-ring (bicyclic) bond motifs is 1. The Hall–Kier alpha value is -3.32. The van der Waals surface area contributed by atoms with Gasteiger partial charge in [0, 0.05) is 15.7 Å². The van der Waals surface area contributed by atoms with E-state index in [-0.39, 0.29) is 12.5 Å². The molecule has 0 spiro atoms. The van der Waals surface area contributed by atoms with Crippen LogP contribution >= 0.6 is 15.9 Å². The number of halogens is 1. The first-order chi connectivity index (χ1) is 14.1. The van der Waals surface area contributed by atoms with Crippen LogP contribution in [0, 0.1) is 0 Å². The third kappa shape index (κ3) is 4.57. The van der Waals surface area contributed by atoms with Crippen LogP contribution < -0.4 is 14.8 Å². The molecule has 0 saturated carbocycles. The molecule has 0 aliphatic heterocycles. The van der Waals surface area contributed by atoms with Crippen LogP contribution in [0.25, 0.3) is 22.6 Å². The maximum Gasteiger partial charge on any atom is 0.262 e. The minimum Gasteiger partial charge on any atom is -0.497 e. The standard InChI is InChI=1S/C22H17BrN2O4/c1-27-17-7-9-18(10-8-17)28-13-21(26)24-16-5-2-14(3-6-16)22-25-19-12-15(23)4-11-20(19)29-22/h2-12H,13H2,1H3,(H,24,26). The van der Waals surface area contributed by atoms with Crippen LogP contribution in [-0.2, 0) is 4.79 Å². The molecule has 6 nitrogen and oxygen atoms in total. The predicted molar refractivity (Wildman–Crippen MR) is 114 cm³/mol. The fraction of sp³-hybridized carbons (Fsp3) is 0.0909. The third-order valence-corrected chi connectivity index (χ3v) is 4.69. The van der Waals surface area contributed by atoms with E-state index in [1.54, 1.807) is 43.5 Å². The topological polar surface area (TPSA) is 73.6 Å². The lowest BCUT2D eigenvalue weighted by Crippen LogP contribution is -2.20. The van der Waals surface area contributed by atoms with E-state index in [2.05, 4.69) is 26.2 Å². The number of oxazole rings is 1. The third-order valence-electron chi connectivity index (χ3n) is 4.19. The number of nitrogens with zero attached hydrogens (tertiary/aromatic N) is 1. The molecular formula is C22H17BrN2O4. The summed E-state index contributed by atoms with van der Waals surface area (Å²) in [7, 11) is 1.60. The Morgan fingerprint density at radius 1 is 1.03 bits per heavy atom. The number of amides is 1. The first-order valence-corrected chi connectivity index (χ1v) is 9.63. The van der Waals surface area contributed by atoms with Gasteiger partial charge in [-0.1, -0.05) is 15.9 Å².